The third-order valence-electron chi connectivity index (χ3n) is 5.60. The molecule has 1 fully saturated rings. The largest absolute Gasteiger partial charge is 0.492 e. The number of benzene rings is 1. The maximum absolute atomic E-state index is 13.3. The molecule has 2 aromatic rings. The minimum atomic E-state index is -1.08. The van der Waals surface area contributed by atoms with Gasteiger partial charge in [-0.2, -0.15) is 0 Å². The standard InChI is InChI=1S/C23H29N3O6/c1-23(2,3)19(25-22(30)31-4)20(27)26-12-14(11-17(26)21(28)29)13-32-18-9-10-24-16-8-6-5-7-15(16)18/h5-10,14,17,19H,11-13H2,1-4H3,(H,25,30)(H,28,29). The van der Waals surface area contributed by atoms with Gasteiger partial charge in [0.2, 0.25) is 5.91 Å². The topological polar surface area (TPSA) is 118 Å². The molecular weight excluding hydrogens is 414 g/mol. The van der Waals surface area contributed by atoms with Crippen molar-refractivity contribution in [3.05, 3.63) is 36.5 Å². The highest BCUT2D eigenvalue weighted by Gasteiger charge is 2.45. The molecule has 9 nitrogen and oxygen atoms in total. The van der Waals surface area contributed by atoms with E-state index < -0.39 is 35.5 Å². The normalized spacial score (nSPS) is 19.4. The highest BCUT2D eigenvalue weighted by Crippen LogP contribution is 2.30. The van der Waals surface area contributed by atoms with Gasteiger partial charge in [0, 0.05) is 24.0 Å². The molecule has 0 spiro atoms. The van der Waals surface area contributed by atoms with Gasteiger partial charge in [-0.15, -0.1) is 0 Å². The minimum Gasteiger partial charge on any atom is -0.492 e. The van der Waals surface area contributed by atoms with E-state index in [4.69, 9.17) is 4.74 Å². The van der Waals surface area contributed by atoms with E-state index in [0.29, 0.717) is 5.75 Å². The Morgan fingerprint density at radius 3 is 2.62 bits per heavy atom. The molecule has 0 bridgehead atoms. The third kappa shape index (κ3) is 5.09. The number of likely N-dealkylation sites (tertiary alicyclic amines) is 1. The van der Waals surface area contributed by atoms with Gasteiger partial charge in [-0.3, -0.25) is 9.78 Å². The van der Waals surface area contributed by atoms with Crippen molar-refractivity contribution in [3.63, 3.8) is 0 Å². The Hall–Kier alpha value is -3.36. The van der Waals surface area contributed by atoms with Gasteiger partial charge in [0.05, 0.1) is 19.2 Å². The molecule has 2 heterocycles. The molecule has 0 aliphatic carbocycles. The Bertz CT molecular complexity index is 997. The highest BCUT2D eigenvalue weighted by atomic mass is 16.5. The van der Waals surface area contributed by atoms with Gasteiger partial charge < -0.3 is 24.8 Å². The molecule has 1 aliphatic rings. The lowest BCUT2D eigenvalue weighted by molar-refractivity contribution is -0.150. The molecule has 32 heavy (non-hydrogen) atoms. The summed E-state index contributed by atoms with van der Waals surface area (Å²) >= 11 is 0. The first-order valence-corrected chi connectivity index (χ1v) is 10.5. The Kier molecular flexibility index (Phi) is 6.86. The first kappa shape index (κ1) is 23.3. The van der Waals surface area contributed by atoms with E-state index in [9.17, 15) is 19.5 Å². The predicted octanol–water partition coefficient (Wildman–Crippen LogP) is 2.69. The number of fused-ring (bicyclic) bond motifs is 1. The van der Waals surface area contributed by atoms with Gasteiger partial charge in [0.25, 0.3) is 0 Å². The predicted molar refractivity (Wildman–Crippen MR) is 117 cm³/mol. The SMILES string of the molecule is COC(=O)NC(C(=O)N1CC(COc2ccnc3ccccc23)CC1C(=O)O)C(C)(C)C. The Morgan fingerprint density at radius 2 is 1.97 bits per heavy atom. The van der Waals surface area contributed by atoms with Crippen molar-refractivity contribution in [1.82, 2.24) is 15.2 Å². The molecule has 172 valence electrons. The van der Waals surface area contributed by atoms with Crippen molar-refractivity contribution < 1.29 is 29.0 Å². The van der Waals surface area contributed by atoms with Crippen LogP contribution in [0.5, 0.6) is 5.75 Å². The van der Waals surface area contributed by atoms with Gasteiger partial charge in [0.1, 0.15) is 17.8 Å². The number of hydrogen-bond donors (Lipinski definition) is 2. The van der Waals surface area contributed by atoms with Crippen molar-refractivity contribution in [2.75, 3.05) is 20.3 Å². The summed E-state index contributed by atoms with van der Waals surface area (Å²) in [6, 6.07) is 7.44. The fourth-order valence-corrected chi connectivity index (χ4v) is 3.92. The molecule has 3 rings (SSSR count). The smallest absolute Gasteiger partial charge is 0.407 e. The van der Waals surface area contributed by atoms with Crippen LogP contribution < -0.4 is 10.1 Å². The number of aromatic nitrogens is 1. The van der Waals surface area contributed by atoms with Crippen molar-refractivity contribution in [2.24, 2.45) is 11.3 Å². The number of hydrogen-bond acceptors (Lipinski definition) is 6. The van der Waals surface area contributed by atoms with Crippen molar-refractivity contribution in [3.8, 4) is 5.75 Å². The van der Waals surface area contributed by atoms with Crippen LogP contribution in [0.15, 0.2) is 36.5 Å². The first-order valence-electron chi connectivity index (χ1n) is 10.5. The van der Waals surface area contributed by atoms with Crippen LogP contribution in [0.2, 0.25) is 0 Å². The maximum Gasteiger partial charge on any atom is 0.407 e. The summed E-state index contributed by atoms with van der Waals surface area (Å²) in [4.78, 5) is 42.6. The number of methoxy groups -OCH3 is 1. The van der Waals surface area contributed by atoms with Crippen LogP contribution in [0.4, 0.5) is 4.79 Å². The van der Waals surface area contributed by atoms with Crippen LogP contribution in [0.1, 0.15) is 27.2 Å². The zero-order valence-electron chi connectivity index (χ0n) is 18.7. The third-order valence-corrected chi connectivity index (χ3v) is 5.60. The monoisotopic (exact) mass is 443 g/mol. The van der Waals surface area contributed by atoms with Gasteiger partial charge in [-0.05, 0) is 30.0 Å². The van der Waals surface area contributed by atoms with E-state index in [2.05, 4.69) is 15.0 Å². The highest BCUT2D eigenvalue weighted by molar-refractivity contribution is 5.90. The number of nitrogens with zero attached hydrogens (tertiary/aromatic N) is 2. The molecule has 3 atom stereocenters. The number of rotatable bonds is 6. The van der Waals surface area contributed by atoms with E-state index in [1.165, 1.54) is 12.0 Å². The van der Waals surface area contributed by atoms with Gasteiger partial charge >= 0.3 is 12.1 Å². The number of amides is 2. The second-order valence-corrected chi connectivity index (χ2v) is 9.02. The van der Waals surface area contributed by atoms with Crippen molar-refractivity contribution >= 4 is 28.9 Å². The molecule has 0 saturated carbocycles. The van der Waals surface area contributed by atoms with Crippen LogP contribution >= 0.6 is 0 Å². The Labute approximate surface area is 186 Å². The number of alkyl carbamates (subject to hydrolysis) is 1. The molecule has 1 aromatic heterocycles. The summed E-state index contributed by atoms with van der Waals surface area (Å²) in [5.41, 5.74) is 0.164. The number of carbonyl (C=O) groups excluding carboxylic acids is 2. The minimum absolute atomic E-state index is 0.175. The first-order chi connectivity index (χ1) is 15.1. The average Bonchev–Trinajstić information content (AvgIpc) is 3.19. The van der Waals surface area contributed by atoms with E-state index in [1.54, 1.807) is 33.0 Å². The number of para-hydroxylation sites is 1. The second kappa shape index (κ2) is 9.42. The van der Waals surface area contributed by atoms with Crippen LogP contribution in [-0.4, -0.2) is 65.3 Å². The van der Waals surface area contributed by atoms with Crippen LogP contribution in [0.25, 0.3) is 10.9 Å². The summed E-state index contributed by atoms with van der Waals surface area (Å²) in [6.07, 6.45) is 1.18. The summed E-state index contributed by atoms with van der Waals surface area (Å²) in [5, 5.41) is 13.2. The van der Waals surface area contributed by atoms with E-state index in [1.807, 2.05) is 24.3 Å². The molecule has 2 N–H and O–H groups in total. The number of aliphatic carboxylic acids is 1. The molecular formula is C23H29N3O6. The fraction of sp³-hybridized carbons (Fsp3) is 0.478. The Morgan fingerprint density at radius 1 is 1.25 bits per heavy atom. The molecule has 1 saturated heterocycles. The Balaban J connectivity index is 1.75. The molecule has 1 aliphatic heterocycles. The molecule has 2 amide bonds. The number of nitrogens with one attached hydrogen (secondary N) is 1. The summed E-state index contributed by atoms with van der Waals surface area (Å²) in [6.45, 7) is 5.87. The van der Waals surface area contributed by atoms with E-state index in [0.717, 1.165) is 10.9 Å². The lowest BCUT2D eigenvalue weighted by Gasteiger charge is -2.34. The number of pyridine rings is 1. The molecule has 3 unspecified atom stereocenters. The van der Waals surface area contributed by atoms with Gasteiger partial charge in [0.15, 0.2) is 0 Å². The fourth-order valence-electron chi connectivity index (χ4n) is 3.92. The van der Waals surface area contributed by atoms with Crippen molar-refractivity contribution in [1.29, 1.82) is 0 Å². The van der Waals surface area contributed by atoms with E-state index in [-0.39, 0.29) is 25.5 Å². The average molecular weight is 444 g/mol. The quantitative estimate of drug-likeness (QED) is 0.705. The summed E-state index contributed by atoms with van der Waals surface area (Å²) in [7, 11) is 1.21. The summed E-state index contributed by atoms with van der Waals surface area (Å²) in [5.74, 6) is -1.05. The van der Waals surface area contributed by atoms with Crippen LogP contribution in [0, 0.1) is 11.3 Å². The molecule has 0 radical (unpaired) electrons. The van der Waals surface area contributed by atoms with Crippen LogP contribution in [-0.2, 0) is 14.3 Å². The number of ether oxygens (including phenoxy) is 2. The zero-order valence-corrected chi connectivity index (χ0v) is 18.7. The lowest BCUT2D eigenvalue weighted by Crippen LogP contribution is -2.56. The van der Waals surface area contributed by atoms with Gasteiger partial charge in [-0.25, -0.2) is 9.59 Å². The van der Waals surface area contributed by atoms with Crippen molar-refractivity contribution in [2.45, 2.75) is 39.3 Å². The number of carboxylic acid groups (broad SMARTS) is 1. The second-order valence-electron chi connectivity index (χ2n) is 9.02. The maximum atomic E-state index is 13.3. The zero-order chi connectivity index (χ0) is 23.5. The van der Waals surface area contributed by atoms with E-state index >= 15 is 0 Å². The van der Waals surface area contributed by atoms with Gasteiger partial charge in [-0.1, -0.05) is 32.9 Å². The number of carbonyl (C=O) groups is 3. The molecule has 1 aromatic carbocycles. The summed E-state index contributed by atoms with van der Waals surface area (Å²) < 4.78 is 10.7. The lowest BCUT2D eigenvalue weighted by atomic mass is 9.85. The number of carboxylic acids is 1. The van der Waals surface area contributed by atoms with Crippen LogP contribution in [0.3, 0.4) is 0 Å². The molecule has 9 heteroatoms.